The average molecular weight is 216 g/mol. The van der Waals surface area contributed by atoms with Crippen molar-refractivity contribution in [2.24, 2.45) is 0 Å². The summed E-state index contributed by atoms with van der Waals surface area (Å²) in [4.78, 5) is 0. The third kappa shape index (κ3) is 0.857. The van der Waals surface area contributed by atoms with Crippen LogP contribution in [0.5, 0.6) is 0 Å². The van der Waals surface area contributed by atoms with Crippen molar-refractivity contribution < 1.29 is 18.3 Å². The van der Waals surface area contributed by atoms with E-state index in [0.717, 1.165) is 0 Å². The van der Waals surface area contributed by atoms with Crippen molar-refractivity contribution in [1.29, 1.82) is 0 Å². The molecular weight excluding hydrogens is 209 g/mol. The van der Waals surface area contributed by atoms with Crippen LogP contribution in [-0.4, -0.2) is 0 Å². The van der Waals surface area contributed by atoms with Crippen molar-refractivity contribution in [1.82, 2.24) is 0 Å². The third-order valence-electron chi connectivity index (χ3n) is 1.73. The molecule has 1 unspecified atom stereocenters. The number of rotatable bonds is 0. The molecule has 51 valence electrons. The Hall–Kier alpha value is -0.417. The van der Waals surface area contributed by atoms with Gasteiger partial charge in [0.1, 0.15) is 0 Å². The zero-order valence-corrected chi connectivity index (χ0v) is 7.13. The molecule has 0 bridgehead atoms. The molecule has 0 radical (unpaired) electrons. The molecule has 10 heavy (non-hydrogen) atoms. The Labute approximate surface area is 70.6 Å². The fraction of sp³-hybridized carbons (Fsp3) is 0.111. The Balaban J connectivity index is 2.59. The van der Waals surface area contributed by atoms with Crippen molar-refractivity contribution in [3.8, 4) is 0 Å². The monoisotopic (exact) mass is 217 g/mol. The number of fused-ring (bicyclic) bond motifs is 1. The zero-order valence-electron chi connectivity index (χ0n) is 5.40. The fourth-order valence-corrected chi connectivity index (χ4v) is 1.82. The molecule has 0 saturated carbocycles. The first kappa shape index (κ1) is 6.30. The van der Waals surface area contributed by atoms with Gasteiger partial charge in [-0.05, 0) is 0 Å². The van der Waals surface area contributed by atoms with Gasteiger partial charge in [0.15, 0.2) is 0 Å². The maximum atomic E-state index is 2.72. The second-order valence-corrected chi connectivity index (χ2v) is 3.46. The van der Waals surface area contributed by atoms with Gasteiger partial charge >= 0.3 is 70.4 Å². The van der Waals surface area contributed by atoms with E-state index in [2.05, 4.69) is 54.7 Å². The molecule has 1 aliphatic carbocycles. The molecule has 1 aromatic carbocycles. The van der Waals surface area contributed by atoms with Crippen LogP contribution in [0.3, 0.4) is 0 Å². The van der Waals surface area contributed by atoms with Crippen molar-refractivity contribution in [3.63, 3.8) is 0 Å². The van der Waals surface area contributed by atoms with Crippen molar-refractivity contribution in [2.45, 2.75) is 4.51 Å². The van der Waals surface area contributed by atoms with Gasteiger partial charge in [0.05, 0.1) is 0 Å². The Kier molecular flexibility index (Phi) is 1.46. The molecule has 0 nitrogen and oxygen atoms in total. The van der Waals surface area contributed by atoms with Gasteiger partial charge in [-0.3, -0.25) is 0 Å². The first-order valence-corrected chi connectivity index (χ1v) is 4.28. The van der Waals surface area contributed by atoms with Gasteiger partial charge in [0.2, 0.25) is 0 Å². The second kappa shape index (κ2) is 2.32. The summed E-state index contributed by atoms with van der Waals surface area (Å²) in [6.07, 6.45) is 4.39. The molecule has 1 aromatic rings. The molecule has 1 atom stereocenters. The van der Waals surface area contributed by atoms with Crippen LogP contribution in [0.2, 0.25) is 0 Å². The van der Waals surface area contributed by atoms with Gasteiger partial charge in [-0.1, -0.05) is 0 Å². The van der Waals surface area contributed by atoms with Gasteiger partial charge in [0.25, 0.3) is 0 Å². The SMILES string of the molecule is [Ru][CH]1C=Cc2ccccc21. The van der Waals surface area contributed by atoms with E-state index >= 15 is 0 Å². The van der Waals surface area contributed by atoms with E-state index in [0.29, 0.717) is 4.51 Å². The van der Waals surface area contributed by atoms with Gasteiger partial charge in [-0.2, -0.15) is 0 Å². The van der Waals surface area contributed by atoms with Crippen LogP contribution in [0.1, 0.15) is 15.6 Å². The number of allylic oxidation sites excluding steroid dienone is 1. The summed E-state index contributed by atoms with van der Waals surface area (Å²) in [5.74, 6) is 0. The topological polar surface area (TPSA) is 0 Å². The van der Waals surface area contributed by atoms with Crippen molar-refractivity contribution >= 4 is 6.08 Å². The number of hydrogen-bond donors (Lipinski definition) is 0. The molecule has 0 N–H and O–H groups in total. The summed E-state index contributed by atoms with van der Waals surface area (Å²) in [5.41, 5.74) is 2.80. The van der Waals surface area contributed by atoms with E-state index in [1.54, 1.807) is 0 Å². The standard InChI is InChI=1S/C9H7.Ru/c1-2-5-9-7-3-6-8(9)4-1;/h1-7H;. The summed E-state index contributed by atoms with van der Waals surface area (Å²) >= 11 is 2.72. The van der Waals surface area contributed by atoms with Crippen LogP contribution in [0.4, 0.5) is 0 Å². The Morgan fingerprint density at radius 2 is 2.00 bits per heavy atom. The number of hydrogen-bond acceptors (Lipinski definition) is 0. The minimum absolute atomic E-state index is 0.551. The molecule has 2 rings (SSSR count). The van der Waals surface area contributed by atoms with Crippen molar-refractivity contribution in [3.05, 3.63) is 41.5 Å². The average Bonchev–Trinajstić information content (AvgIpc) is 2.34. The summed E-state index contributed by atoms with van der Waals surface area (Å²) in [7, 11) is 0. The summed E-state index contributed by atoms with van der Waals surface area (Å²) < 4.78 is 0.551. The van der Waals surface area contributed by atoms with Crippen LogP contribution in [0.25, 0.3) is 6.08 Å². The predicted octanol–water partition coefficient (Wildman–Crippen LogP) is 2.30. The van der Waals surface area contributed by atoms with Crippen LogP contribution in [-0.2, 0) is 18.3 Å². The summed E-state index contributed by atoms with van der Waals surface area (Å²) in [6, 6.07) is 8.49. The minimum atomic E-state index is 0.551. The molecule has 0 aromatic heterocycles. The molecule has 0 spiro atoms. The van der Waals surface area contributed by atoms with Crippen LogP contribution < -0.4 is 0 Å². The van der Waals surface area contributed by atoms with E-state index in [9.17, 15) is 0 Å². The molecular formula is C9H7Ru. The van der Waals surface area contributed by atoms with Gasteiger partial charge in [0, 0.05) is 0 Å². The Morgan fingerprint density at radius 1 is 1.20 bits per heavy atom. The van der Waals surface area contributed by atoms with Gasteiger partial charge in [-0.25, -0.2) is 0 Å². The molecule has 0 aliphatic heterocycles. The molecule has 1 heteroatoms. The Morgan fingerprint density at radius 3 is 2.80 bits per heavy atom. The molecule has 0 amide bonds. The Bertz CT molecular complexity index is 276. The summed E-state index contributed by atoms with van der Waals surface area (Å²) in [5, 5.41) is 0. The quantitative estimate of drug-likeness (QED) is 0.584. The van der Waals surface area contributed by atoms with Crippen LogP contribution >= 0.6 is 0 Å². The fourth-order valence-electron chi connectivity index (χ4n) is 1.20. The van der Waals surface area contributed by atoms with E-state index in [-0.39, 0.29) is 0 Å². The third-order valence-corrected chi connectivity index (χ3v) is 2.60. The second-order valence-electron chi connectivity index (χ2n) is 2.37. The van der Waals surface area contributed by atoms with Crippen LogP contribution in [0.15, 0.2) is 30.3 Å². The molecule has 1 aliphatic rings. The molecule has 0 fully saturated rings. The first-order chi connectivity index (χ1) is 4.88. The van der Waals surface area contributed by atoms with Gasteiger partial charge < -0.3 is 0 Å². The van der Waals surface area contributed by atoms with Crippen LogP contribution in [0, 0.1) is 0 Å². The summed E-state index contributed by atoms with van der Waals surface area (Å²) in [6.45, 7) is 0. The van der Waals surface area contributed by atoms with Crippen molar-refractivity contribution in [2.75, 3.05) is 0 Å². The van der Waals surface area contributed by atoms with E-state index < -0.39 is 0 Å². The number of benzene rings is 1. The van der Waals surface area contributed by atoms with E-state index in [1.807, 2.05) is 0 Å². The molecule has 0 heterocycles. The first-order valence-electron chi connectivity index (χ1n) is 3.28. The van der Waals surface area contributed by atoms with Gasteiger partial charge in [-0.15, -0.1) is 0 Å². The zero-order chi connectivity index (χ0) is 6.97. The predicted molar refractivity (Wildman–Crippen MR) is 38.2 cm³/mol. The maximum absolute atomic E-state index is 2.72. The van der Waals surface area contributed by atoms with E-state index in [1.165, 1.54) is 11.1 Å². The normalized spacial score (nSPS) is 21.1. The van der Waals surface area contributed by atoms with E-state index in [4.69, 9.17) is 0 Å². The molecule has 0 saturated heterocycles.